The van der Waals surface area contributed by atoms with Gasteiger partial charge in [0.25, 0.3) is 0 Å². The number of anilines is 1. The quantitative estimate of drug-likeness (QED) is 0.564. The number of aldehydes is 1. The van der Waals surface area contributed by atoms with Crippen LogP contribution in [0.1, 0.15) is 17.1 Å². The zero-order valence-corrected chi connectivity index (χ0v) is 14.4. The molecule has 27 heavy (non-hydrogen) atoms. The van der Waals surface area contributed by atoms with Crippen LogP contribution in [0.5, 0.6) is 0 Å². The number of methoxy groups -OCH3 is 2. The number of furan rings is 1. The van der Waals surface area contributed by atoms with E-state index in [9.17, 15) is 22.8 Å². The SMILES string of the molecule is COC1N(Cc2ccc(C(F)(F)F)o2)c2ccccc2C1(OC)C(=O)C=O. The van der Waals surface area contributed by atoms with Crippen molar-refractivity contribution in [1.29, 1.82) is 0 Å². The number of fused-ring (bicyclic) bond motifs is 1. The number of ketones is 1. The summed E-state index contributed by atoms with van der Waals surface area (Å²) in [5.41, 5.74) is -0.850. The second-order valence-electron chi connectivity index (χ2n) is 5.92. The van der Waals surface area contributed by atoms with Gasteiger partial charge in [-0.15, -0.1) is 0 Å². The molecule has 0 spiro atoms. The van der Waals surface area contributed by atoms with Gasteiger partial charge in [0.05, 0.1) is 6.54 Å². The third kappa shape index (κ3) is 2.92. The molecule has 0 bridgehead atoms. The zero-order valence-electron chi connectivity index (χ0n) is 14.4. The van der Waals surface area contributed by atoms with Crippen LogP contribution in [0.25, 0.3) is 0 Å². The molecule has 0 saturated heterocycles. The van der Waals surface area contributed by atoms with E-state index in [0.717, 1.165) is 6.07 Å². The topological polar surface area (TPSA) is 69.0 Å². The maximum atomic E-state index is 12.8. The number of carbonyl (C=O) groups excluding carboxylic acids is 2. The van der Waals surface area contributed by atoms with Crippen molar-refractivity contribution in [3.63, 3.8) is 0 Å². The largest absolute Gasteiger partial charge is 0.455 e. The van der Waals surface area contributed by atoms with Gasteiger partial charge in [-0.3, -0.25) is 9.59 Å². The van der Waals surface area contributed by atoms with Crippen molar-refractivity contribution in [3.8, 4) is 0 Å². The van der Waals surface area contributed by atoms with Gasteiger partial charge in [0.1, 0.15) is 5.76 Å². The van der Waals surface area contributed by atoms with E-state index in [1.807, 2.05) is 0 Å². The molecule has 1 aliphatic heterocycles. The van der Waals surface area contributed by atoms with Crippen LogP contribution in [0.4, 0.5) is 18.9 Å². The molecule has 6 nitrogen and oxygen atoms in total. The molecule has 0 saturated carbocycles. The highest BCUT2D eigenvalue weighted by atomic mass is 19.4. The number of alkyl halides is 3. The molecule has 1 aromatic carbocycles. The summed E-state index contributed by atoms with van der Waals surface area (Å²) in [4.78, 5) is 25.2. The van der Waals surface area contributed by atoms with E-state index in [1.54, 1.807) is 24.3 Å². The van der Waals surface area contributed by atoms with Gasteiger partial charge in [-0.2, -0.15) is 13.2 Å². The van der Waals surface area contributed by atoms with Crippen LogP contribution in [0.15, 0.2) is 40.8 Å². The Bertz CT molecular complexity index is 863. The molecule has 0 amide bonds. The Hall–Kier alpha value is -2.65. The lowest BCUT2D eigenvalue weighted by Gasteiger charge is -2.34. The van der Waals surface area contributed by atoms with Gasteiger partial charge in [-0.1, -0.05) is 18.2 Å². The molecule has 144 valence electrons. The van der Waals surface area contributed by atoms with E-state index < -0.39 is 29.5 Å². The monoisotopic (exact) mass is 383 g/mol. The summed E-state index contributed by atoms with van der Waals surface area (Å²) >= 11 is 0. The Labute approximate surface area is 152 Å². The van der Waals surface area contributed by atoms with Crippen LogP contribution < -0.4 is 4.90 Å². The summed E-state index contributed by atoms with van der Waals surface area (Å²) < 4.78 is 54.2. The predicted molar refractivity (Wildman–Crippen MR) is 86.9 cm³/mol. The number of Topliss-reactive ketones (excluding diaryl/α,β-unsaturated/α-hetero) is 1. The number of para-hydroxylation sites is 1. The lowest BCUT2D eigenvalue weighted by molar-refractivity contribution is -0.162. The van der Waals surface area contributed by atoms with Gasteiger partial charge in [-0.05, 0) is 18.2 Å². The number of carbonyl (C=O) groups is 2. The normalized spacial score (nSPS) is 22.0. The van der Waals surface area contributed by atoms with Gasteiger partial charge >= 0.3 is 6.18 Å². The lowest BCUT2D eigenvalue weighted by Crippen LogP contribution is -2.52. The summed E-state index contributed by atoms with van der Waals surface area (Å²) in [6.07, 6.45) is -5.53. The van der Waals surface area contributed by atoms with Gasteiger partial charge in [0.15, 0.2) is 12.5 Å². The number of rotatable bonds is 6. The maximum absolute atomic E-state index is 12.8. The van der Waals surface area contributed by atoms with E-state index in [0.29, 0.717) is 11.3 Å². The van der Waals surface area contributed by atoms with Crippen LogP contribution in [-0.4, -0.2) is 32.5 Å². The van der Waals surface area contributed by atoms with Crippen molar-refractivity contribution in [2.45, 2.75) is 24.6 Å². The van der Waals surface area contributed by atoms with Crippen molar-refractivity contribution in [2.75, 3.05) is 19.1 Å². The first-order valence-corrected chi connectivity index (χ1v) is 7.89. The minimum absolute atomic E-state index is 0.0182. The van der Waals surface area contributed by atoms with Gasteiger partial charge in [0, 0.05) is 25.5 Å². The minimum atomic E-state index is -4.61. The van der Waals surface area contributed by atoms with Crippen molar-refractivity contribution in [2.24, 2.45) is 0 Å². The third-order valence-corrected chi connectivity index (χ3v) is 4.53. The highest BCUT2D eigenvalue weighted by molar-refractivity contribution is 6.30. The fourth-order valence-corrected chi connectivity index (χ4v) is 3.41. The fourth-order valence-electron chi connectivity index (χ4n) is 3.41. The molecule has 2 unspecified atom stereocenters. The smallest absolute Gasteiger partial charge is 0.449 e. The summed E-state index contributed by atoms with van der Waals surface area (Å²) in [5.74, 6) is -1.97. The van der Waals surface area contributed by atoms with Crippen molar-refractivity contribution < 1.29 is 36.7 Å². The van der Waals surface area contributed by atoms with Crippen LogP contribution in [0, 0.1) is 0 Å². The molecule has 0 fully saturated rings. The average Bonchev–Trinajstić information content (AvgIpc) is 3.23. The summed E-state index contributed by atoms with van der Waals surface area (Å²) in [6, 6.07) is 8.66. The number of hydrogen-bond acceptors (Lipinski definition) is 6. The lowest BCUT2D eigenvalue weighted by atomic mass is 9.90. The van der Waals surface area contributed by atoms with Crippen LogP contribution in [0.2, 0.25) is 0 Å². The number of benzene rings is 1. The first kappa shape index (κ1) is 19.1. The molecule has 3 rings (SSSR count). The average molecular weight is 383 g/mol. The molecule has 0 radical (unpaired) electrons. The first-order chi connectivity index (χ1) is 12.8. The van der Waals surface area contributed by atoms with Crippen LogP contribution >= 0.6 is 0 Å². The summed E-state index contributed by atoms with van der Waals surface area (Å²) in [6.45, 7) is -0.122. The van der Waals surface area contributed by atoms with E-state index in [-0.39, 0.29) is 18.6 Å². The number of halogens is 3. The van der Waals surface area contributed by atoms with E-state index in [1.165, 1.54) is 25.2 Å². The van der Waals surface area contributed by atoms with Gasteiger partial charge < -0.3 is 18.8 Å². The Morgan fingerprint density at radius 3 is 2.52 bits per heavy atom. The maximum Gasteiger partial charge on any atom is 0.449 e. The molecule has 1 aromatic heterocycles. The Morgan fingerprint density at radius 1 is 1.26 bits per heavy atom. The number of hydrogen-bond donors (Lipinski definition) is 0. The van der Waals surface area contributed by atoms with Crippen molar-refractivity contribution in [1.82, 2.24) is 0 Å². The Kier molecular flexibility index (Phi) is 4.83. The highest BCUT2D eigenvalue weighted by Gasteiger charge is 2.57. The van der Waals surface area contributed by atoms with E-state index >= 15 is 0 Å². The molecular weight excluding hydrogens is 367 g/mol. The molecule has 2 atom stereocenters. The molecule has 9 heteroatoms. The third-order valence-electron chi connectivity index (χ3n) is 4.53. The molecule has 0 aliphatic carbocycles. The molecule has 1 aliphatic rings. The van der Waals surface area contributed by atoms with Gasteiger partial charge in [-0.25, -0.2) is 0 Å². The molecule has 0 N–H and O–H groups in total. The first-order valence-electron chi connectivity index (χ1n) is 7.89. The van der Waals surface area contributed by atoms with Crippen molar-refractivity contribution >= 4 is 17.8 Å². The number of nitrogens with zero attached hydrogens (tertiary/aromatic N) is 1. The standard InChI is InChI=1S/C18H16F3NO5/c1-25-16-17(26-2,14(24)10-23)12-5-3-4-6-13(12)22(16)9-11-7-8-15(27-11)18(19,20)21/h3-8,10,16H,9H2,1-2H3. The van der Waals surface area contributed by atoms with E-state index in [4.69, 9.17) is 13.9 Å². The summed E-state index contributed by atoms with van der Waals surface area (Å²) in [5, 5.41) is 0. The Morgan fingerprint density at radius 2 is 1.96 bits per heavy atom. The summed E-state index contributed by atoms with van der Waals surface area (Å²) in [7, 11) is 2.58. The van der Waals surface area contributed by atoms with Crippen molar-refractivity contribution in [3.05, 3.63) is 53.5 Å². The second-order valence-corrected chi connectivity index (χ2v) is 5.92. The second kappa shape index (κ2) is 6.82. The van der Waals surface area contributed by atoms with E-state index in [2.05, 4.69) is 0 Å². The zero-order chi connectivity index (χ0) is 19.8. The predicted octanol–water partition coefficient (Wildman–Crippen LogP) is 2.90. The highest BCUT2D eigenvalue weighted by Crippen LogP contribution is 2.47. The van der Waals surface area contributed by atoms with Gasteiger partial charge in [0.2, 0.25) is 17.1 Å². The van der Waals surface area contributed by atoms with Crippen LogP contribution in [-0.2, 0) is 37.4 Å². The molecule has 2 heterocycles. The Balaban J connectivity index is 2.06. The fraction of sp³-hybridized carbons (Fsp3) is 0.333. The molecular formula is C18H16F3NO5. The number of ether oxygens (including phenoxy) is 2. The molecule has 2 aromatic rings. The van der Waals surface area contributed by atoms with Crippen LogP contribution in [0.3, 0.4) is 0 Å². The minimum Gasteiger partial charge on any atom is -0.455 e.